The molecule has 0 bridgehead atoms. The molecule has 2 aromatic rings. The number of nitrogens with two attached hydrogens (primary N) is 1. The first-order chi connectivity index (χ1) is 11.1. The van der Waals surface area contributed by atoms with Crippen LogP contribution in [0.1, 0.15) is 28.3 Å². The van der Waals surface area contributed by atoms with Crippen LogP contribution in [0.15, 0.2) is 36.4 Å². The Labute approximate surface area is 150 Å². The van der Waals surface area contributed by atoms with E-state index in [0.29, 0.717) is 11.8 Å². The standard InChI is InChI=1S/C19H25N3O.ClH/c1-13-9-19(23-3)21-14(2)16(13)10-22-11-17(18(20)12-22)15-7-5-4-6-8-15;/h4-9,17-18H,10-12,20H2,1-3H3;1H/t17-,18+;/m0./s1. The molecule has 0 spiro atoms. The van der Waals surface area contributed by atoms with Gasteiger partial charge in [-0.25, -0.2) is 4.98 Å². The summed E-state index contributed by atoms with van der Waals surface area (Å²) in [7, 11) is 1.66. The molecule has 130 valence electrons. The molecular formula is C19H26ClN3O. The highest BCUT2D eigenvalue weighted by atomic mass is 35.5. The first kappa shape index (κ1) is 18.7. The molecule has 2 N–H and O–H groups in total. The minimum atomic E-state index is 0. The highest BCUT2D eigenvalue weighted by Gasteiger charge is 2.31. The molecule has 4 nitrogen and oxygen atoms in total. The predicted molar refractivity (Wildman–Crippen MR) is 99.9 cm³/mol. The molecule has 0 aliphatic carbocycles. The van der Waals surface area contributed by atoms with Crippen LogP contribution in [0.4, 0.5) is 0 Å². The molecule has 0 amide bonds. The smallest absolute Gasteiger partial charge is 0.213 e. The van der Waals surface area contributed by atoms with Crippen molar-refractivity contribution in [3.63, 3.8) is 0 Å². The van der Waals surface area contributed by atoms with Crippen LogP contribution in [0.3, 0.4) is 0 Å². The molecule has 1 saturated heterocycles. The molecule has 0 unspecified atom stereocenters. The van der Waals surface area contributed by atoms with Crippen molar-refractivity contribution in [1.29, 1.82) is 0 Å². The summed E-state index contributed by atoms with van der Waals surface area (Å²) in [6.07, 6.45) is 0. The Kier molecular flexibility index (Phi) is 6.21. The van der Waals surface area contributed by atoms with Crippen LogP contribution in [-0.2, 0) is 6.54 Å². The van der Waals surface area contributed by atoms with E-state index in [1.807, 2.05) is 6.07 Å². The van der Waals surface area contributed by atoms with Gasteiger partial charge in [-0.2, -0.15) is 0 Å². The summed E-state index contributed by atoms with van der Waals surface area (Å²) in [4.78, 5) is 6.95. The monoisotopic (exact) mass is 347 g/mol. The van der Waals surface area contributed by atoms with E-state index in [9.17, 15) is 0 Å². The van der Waals surface area contributed by atoms with E-state index in [1.165, 1.54) is 16.7 Å². The van der Waals surface area contributed by atoms with Crippen molar-refractivity contribution >= 4 is 12.4 Å². The van der Waals surface area contributed by atoms with Gasteiger partial charge in [0.05, 0.1) is 7.11 Å². The highest BCUT2D eigenvalue weighted by Crippen LogP contribution is 2.28. The maximum atomic E-state index is 6.40. The largest absolute Gasteiger partial charge is 0.481 e. The van der Waals surface area contributed by atoms with Gasteiger partial charge in [-0.3, -0.25) is 4.90 Å². The summed E-state index contributed by atoms with van der Waals surface area (Å²) in [6, 6.07) is 12.8. The van der Waals surface area contributed by atoms with Crippen molar-refractivity contribution in [2.24, 2.45) is 5.73 Å². The van der Waals surface area contributed by atoms with E-state index in [4.69, 9.17) is 10.5 Å². The third-order valence-corrected chi connectivity index (χ3v) is 4.79. The summed E-state index contributed by atoms with van der Waals surface area (Å²) in [5, 5.41) is 0. The van der Waals surface area contributed by atoms with Crippen molar-refractivity contribution in [3.8, 4) is 5.88 Å². The van der Waals surface area contributed by atoms with Crippen molar-refractivity contribution < 1.29 is 4.74 Å². The van der Waals surface area contributed by atoms with Gasteiger partial charge in [0, 0.05) is 43.4 Å². The number of pyridine rings is 1. The number of hydrogen-bond acceptors (Lipinski definition) is 4. The van der Waals surface area contributed by atoms with Gasteiger partial charge in [-0.1, -0.05) is 30.3 Å². The fraction of sp³-hybridized carbons (Fsp3) is 0.421. The molecule has 1 aliphatic heterocycles. The third kappa shape index (κ3) is 3.89. The highest BCUT2D eigenvalue weighted by molar-refractivity contribution is 5.85. The summed E-state index contributed by atoms with van der Waals surface area (Å²) >= 11 is 0. The molecular weight excluding hydrogens is 322 g/mol. The molecule has 1 aromatic carbocycles. The fourth-order valence-electron chi connectivity index (χ4n) is 3.49. The molecule has 3 rings (SSSR count). The quantitative estimate of drug-likeness (QED) is 0.923. The van der Waals surface area contributed by atoms with Crippen molar-refractivity contribution in [1.82, 2.24) is 9.88 Å². The maximum absolute atomic E-state index is 6.40. The molecule has 0 radical (unpaired) electrons. The lowest BCUT2D eigenvalue weighted by Gasteiger charge is -2.19. The van der Waals surface area contributed by atoms with Crippen LogP contribution < -0.4 is 10.5 Å². The zero-order valence-electron chi connectivity index (χ0n) is 14.5. The third-order valence-electron chi connectivity index (χ3n) is 4.79. The molecule has 1 fully saturated rings. The number of benzene rings is 1. The molecule has 5 heteroatoms. The van der Waals surface area contributed by atoms with Crippen molar-refractivity contribution in [3.05, 3.63) is 58.8 Å². The lowest BCUT2D eigenvalue weighted by molar-refractivity contribution is 0.321. The second-order valence-electron chi connectivity index (χ2n) is 6.42. The first-order valence-corrected chi connectivity index (χ1v) is 8.12. The second-order valence-corrected chi connectivity index (χ2v) is 6.42. The Morgan fingerprint density at radius 1 is 1.21 bits per heavy atom. The lowest BCUT2D eigenvalue weighted by atomic mass is 9.95. The van der Waals surface area contributed by atoms with Gasteiger partial charge in [0.2, 0.25) is 5.88 Å². The van der Waals surface area contributed by atoms with Crippen LogP contribution in [0.25, 0.3) is 0 Å². The van der Waals surface area contributed by atoms with E-state index < -0.39 is 0 Å². The van der Waals surface area contributed by atoms with Gasteiger partial charge in [-0.15, -0.1) is 12.4 Å². The van der Waals surface area contributed by atoms with Gasteiger partial charge < -0.3 is 10.5 Å². The Bertz CT molecular complexity index is 655. The number of likely N-dealkylation sites (tertiary alicyclic amines) is 1. The number of aryl methyl sites for hydroxylation is 2. The van der Waals surface area contributed by atoms with Crippen LogP contribution in [0.2, 0.25) is 0 Å². The Morgan fingerprint density at radius 2 is 1.92 bits per heavy atom. The average molecular weight is 348 g/mol. The summed E-state index contributed by atoms with van der Waals surface area (Å²) in [5.41, 5.74) is 11.3. The number of nitrogens with zero attached hydrogens (tertiary/aromatic N) is 2. The van der Waals surface area contributed by atoms with E-state index in [2.05, 4.69) is 54.1 Å². The van der Waals surface area contributed by atoms with Crippen LogP contribution in [-0.4, -0.2) is 36.1 Å². The summed E-state index contributed by atoms with van der Waals surface area (Å²) < 4.78 is 5.25. The molecule has 24 heavy (non-hydrogen) atoms. The van der Waals surface area contributed by atoms with Crippen LogP contribution >= 0.6 is 12.4 Å². The van der Waals surface area contributed by atoms with E-state index >= 15 is 0 Å². The first-order valence-electron chi connectivity index (χ1n) is 8.12. The van der Waals surface area contributed by atoms with Gasteiger partial charge in [0.25, 0.3) is 0 Å². The van der Waals surface area contributed by atoms with Crippen LogP contribution in [0, 0.1) is 13.8 Å². The number of ether oxygens (including phenoxy) is 1. The SMILES string of the molecule is COc1cc(C)c(CN2C[C@@H](N)[C@H](c3ccccc3)C2)c(C)n1.Cl. The fourth-order valence-corrected chi connectivity index (χ4v) is 3.49. The molecule has 2 heterocycles. The Morgan fingerprint density at radius 3 is 2.54 bits per heavy atom. The predicted octanol–water partition coefficient (Wildman–Crippen LogP) is 3.06. The molecule has 2 atom stereocenters. The Balaban J connectivity index is 0.00000208. The van der Waals surface area contributed by atoms with Crippen molar-refractivity contribution in [2.45, 2.75) is 32.4 Å². The zero-order valence-corrected chi connectivity index (χ0v) is 15.3. The van der Waals surface area contributed by atoms with Gasteiger partial charge in [-0.05, 0) is 30.5 Å². The minimum Gasteiger partial charge on any atom is -0.481 e. The molecule has 0 saturated carbocycles. The van der Waals surface area contributed by atoms with Gasteiger partial charge >= 0.3 is 0 Å². The lowest BCUT2D eigenvalue weighted by Crippen LogP contribution is -2.28. The van der Waals surface area contributed by atoms with Gasteiger partial charge in [0.15, 0.2) is 0 Å². The molecule has 1 aliphatic rings. The number of halogens is 1. The van der Waals surface area contributed by atoms with Crippen LogP contribution in [0.5, 0.6) is 5.88 Å². The summed E-state index contributed by atoms with van der Waals surface area (Å²) in [5.74, 6) is 1.09. The normalized spacial score (nSPS) is 20.7. The minimum absolute atomic E-state index is 0. The van der Waals surface area contributed by atoms with Gasteiger partial charge in [0.1, 0.15) is 0 Å². The topological polar surface area (TPSA) is 51.4 Å². The zero-order chi connectivity index (χ0) is 16.4. The number of aromatic nitrogens is 1. The second kappa shape index (κ2) is 7.97. The van der Waals surface area contributed by atoms with E-state index in [-0.39, 0.29) is 18.4 Å². The van der Waals surface area contributed by atoms with Crippen molar-refractivity contribution in [2.75, 3.05) is 20.2 Å². The molecule has 1 aromatic heterocycles. The summed E-state index contributed by atoms with van der Waals surface area (Å²) in [6.45, 7) is 6.99. The number of methoxy groups -OCH3 is 1. The average Bonchev–Trinajstić information content (AvgIpc) is 2.92. The van der Waals surface area contributed by atoms with E-state index in [0.717, 1.165) is 25.3 Å². The van der Waals surface area contributed by atoms with E-state index in [1.54, 1.807) is 7.11 Å². The number of rotatable bonds is 4. The number of hydrogen-bond donors (Lipinski definition) is 1. The Hall–Kier alpha value is -1.62. The maximum Gasteiger partial charge on any atom is 0.213 e.